The van der Waals surface area contributed by atoms with E-state index in [4.69, 9.17) is 9.47 Å². The minimum Gasteiger partial charge on any atom is -0.497 e. The van der Waals surface area contributed by atoms with Gasteiger partial charge < -0.3 is 14.8 Å². The molecule has 1 saturated heterocycles. The Morgan fingerprint density at radius 2 is 1.74 bits per heavy atom. The van der Waals surface area contributed by atoms with Crippen LogP contribution >= 0.6 is 0 Å². The van der Waals surface area contributed by atoms with Crippen molar-refractivity contribution in [1.82, 2.24) is 4.31 Å². The number of methoxy groups -OCH3 is 2. The monoisotopic (exact) mass is 446 g/mol. The Morgan fingerprint density at radius 1 is 1.06 bits per heavy atom. The van der Waals surface area contributed by atoms with E-state index in [2.05, 4.69) is 5.32 Å². The standard InChI is InChI=1S/C23H30N2O5S/c1-15-11-16(2)22(17(3)12-15)31(27,28)25-10-6-7-18(14-25)23(26)24-20-9-8-19(29-4)13-21(20)30-5/h8-9,11-13,18H,6-7,10,14H2,1-5H3,(H,24,26)/t18-/m0/s1. The molecule has 1 N–H and O–H groups in total. The molecule has 3 rings (SSSR count). The number of nitrogens with zero attached hydrogens (tertiary/aromatic N) is 1. The van der Waals surface area contributed by atoms with E-state index in [1.54, 1.807) is 25.3 Å². The molecule has 0 radical (unpaired) electrons. The van der Waals surface area contributed by atoms with Crippen molar-refractivity contribution >= 4 is 21.6 Å². The molecule has 1 amide bonds. The Balaban J connectivity index is 1.80. The second-order valence-corrected chi connectivity index (χ2v) is 9.86. The Morgan fingerprint density at radius 3 is 2.35 bits per heavy atom. The average molecular weight is 447 g/mol. The van der Waals surface area contributed by atoms with Gasteiger partial charge >= 0.3 is 0 Å². The minimum atomic E-state index is -3.69. The lowest BCUT2D eigenvalue weighted by molar-refractivity contribution is -0.120. The summed E-state index contributed by atoms with van der Waals surface area (Å²) < 4.78 is 38.8. The number of anilines is 1. The SMILES string of the molecule is COc1ccc(NC(=O)[C@H]2CCCN(S(=O)(=O)c3c(C)cc(C)cc3C)C2)c(OC)c1. The van der Waals surface area contributed by atoms with Crippen LogP contribution in [0.4, 0.5) is 5.69 Å². The zero-order valence-corrected chi connectivity index (χ0v) is 19.5. The predicted molar refractivity (Wildman–Crippen MR) is 120 cm³/mol. The molecule has 31 heavy (non-hydrogen) atoms. The van der Waals surface area contributed by atoms with Crippen LogP contribution in [0.2, 0.25) is 0 Å². The van der Waals surface area contributed by atoms with Crippen LogP contribution < -0.4 is 14.8 Å². The number of rotatable bonds is 6. The molecule has 0 spiro atoms. The van der Waals surface area contributed by atoms with Gasteiger partial charge in [-0.2, -0.15) is 4.31 Å². The van der Waals surface area contributed by atoms with Crippen molar-refractivity contribution in [2.45, 2.75) is 38.5 Å². The lowest BCUT2D eigenvalue weighted by Crippen LogP contribution is -2.44. The summed E-state index contributed by atoms with van der Waals surface area (Å²) in [6.45, 7) is 6.14. The number of piperidine rings is 1. The highest BCUT2D eigenvalue weighted by Gasteiger charge is 2.35. The smallest absolute Gasteiger partial charge is 0.243 e. The van der Waals surface area contributed by atoms with E-state index in [-0.39, 0.29) is 12.5 Å². The van der Waals surface area contributed by atoms with Gasteiger partial charge in [0.25, 0.3) is 0 Å². The molecule has 2 aromatic rings. The summed E-state index contributed by atoms with van der Waals surface area (Å²) in [6.07, 6.45) is 1.25. The summed E-state index contributed by atoms with van der Waals surface area (Å²) in [5, 5.41) is 2.88. The molecule has 7 nitrogen and oxygen atoms in total. The van der Waals surface area contributed by atoms with Crippen LogP contribution in [0.1, 0.15) is 29.5 Å². The van der Waals surface area contributed by atoms with Crippen LogP contribution in [-0.4, -0.2) is 45.9 Å². The number of hydrogen-bond donors (Lipinski definition) is 1. The summed E-state index contributed by atoms with van der Waals surface area (Å²) in [6, 6.07) is 8.90. The number of carbonyl (C=O) groups is 1. The fraction of sp³-hybridized carbons (Fsp3) is 0.435. The van der Waals surface area contributed by atoms with Crippen molar-refractivity contribution in [2.75, 3.05) is 32.6 Å². The molecule has 0 aromatic heterocycles. The highest BCUT2D eigenvalue weighted by molar-refractivity contribution is 7.89. The lowest BCUT2D eigenvalue weighted by Gasteiger charge is -2.32. The summed E-state index contributed by atoms with van der Waals surface area (Å²) in [5.41, 5.74) is 3.01. The maximum absolute atomic E-state index is 13.4. The van der Waals surface area contributed by atoms with Gasteiger partial charge in [-0.15, -0.1) is 0 Å². The Kier molecular flexibility index (Phi) is 6.91. The van der Waals surface area contributed by atoms with Crippen LogP contribution in [-0.2, 0) is 14.8 Å². The van der Waals surface area contributed by atoms with E-state index in [9.17, 15) is 13.2 Å². The molecule has 0 saturated carbocycles. The molecule has 0 bridgehead atoms. The van der Waals surface area contributed by atoms with Crippen molar-refractivity contribution in [3.05, 3.63) is 47.0 Å². The van der Waals surface area contributed by atoms with Gasteiger partial charge in [0.05, 0.1) is 30.7 Å². The van der Waals surface area contributed by atoms with E-state index in [1.807, 2.05) is 32.9 Å². The van der Waals surface area contributed by atoms with Gasteiger partial charge in [0.2, 0.25) is 15.9 Å². The number of benzene rings is 2. The van der Waals surface area contributed by atoms with Gasteiger partial charge in [-0.3, -0.25) is 4.79 Å². The molecular weight excluding hydrogens is 416 g/mol. The second-order valence-electron chi connectivity index (χ2n) is 7.99. The maximum Gasteiger partial charge on any atom is 0.243 e. The van der Waals surface area contributed by atoms with Gasteiger partial charge in [0.15, 0.2) is 0 Å². The van der Waals surface area contributed by atoms with E-state index >= 15 is 0 Å². The fourth-order valence-corrected chi connectivity index (χ4v) is 6.15. The highest BCUT2D eigenvalue weighted by atomic mass is 32.2. The molecular formula is C23H30N2O5S. The summed E-state index contributed by atoms with van der Waals surface area (Å²) >= 11 is 0. The van der Waals surface area contributed by atoms with E-state index in [1.165, 1.54) is 11.4 Å². The molecule has 1 fully saturated rings. The lowest BCUT2D eigenvalue weighted by atomic mass is 9.98. The van der Waals surface area contributed by atoms with Crippen molar-refractivity contribution in [1.29, 1.82) is 0 Å². The number of ether oxygens (including phenoxy) is 2. The Hall–Kier alpha value is -2.58. The van der Waals surface area contributed by atoms with Crippen LogP contribution in [0.3, 0.4) is 0 Å². The first-order chi connectivity index (χ1) is 14.7. The van der Waals surface area contributed by atoms with E-state index in [0.717, 1.165) is 16.7 Å². The molecule has 1 aliphatic heterocycles. The summed E-state index contributed by atoms with van der Waals surface area (Å²) in [7, 11) is -0.613. The molecule has 8 heteroatoms. The van der Waals surface area contributed by atoms with Crippen LogP contribution in [0, 0.1) is 26.7 Å². The highest BCUT2D eigenvalue weighted by Crippen LogP contribution is 2.32. The van der Waals surface area contributed by atoms with Crippen LogP contribution in [0.25, 0.3) is 0 Å². The largest absolute Gasteiger partial charge is 0.497 e. The first kappa shape index (κ1) is 23.1. The first-order valence-corrected chi connectivity index (χ1v) is 11.7. The van der Waals surface area contributed by atoms with Crippen molar-refractivity contribution in [3.63, 3.8) is 0 Å². The van der Waals surface area contributed by atoms with Crippen LogP contribution in [0.5, 0.6) is 11.5 Å². The topological polar surface area (TPSA) is 84.9 Å². The van der Waals surface area contributed by atoms with E-state index < -0.39 is 15.9 Å². The Bertz CT molecular complexity index is 1060. The quantitative estimate of drug-likeness (QED) is 0.732. The molecule has 2 aromatic carbocycles. The molecule has 1 atom stereocenters. The third-order valence-corrected chi connectivity index (χ3v) is 7.80. The number of aryl methyl sites for hydroxylation is 3. The summed E-state index contributed by atoms with van der Waals surface area (Å²) in [5.74, 6) is 0.439. The van der Waals surface area contributed by atoms with E-state index in [0.29, 0.717) is 41.5 Å². The van der Waals surface area contributed by atoms with Gasteiger partial charge in [-0.1, -0.05) is 17.7 Å². The third-order valence-electron chi connectivity index (χ3n) is 5.62. The molecule has 0 aliphatic carbocycles. The van der Waals surface area contributed by atoms with Gasteiger partial charge in [0.1, 0.15) is 11.5 Å². The number of hydrogen-bond acceptors (Lipinski definition) is 5. The maximum atomic E-state index is 13.4. The van der Waals surface area contributed by atoms with Gasteiger partial charge in [-0.25, -0.2) is 8.42 Å². The first-order valence-electron chi connectivity index (χ1n) is 10.3. The van der Waals surface area contributed by atoms with Crippen molar-refractivity contribution in [3.8, 4) is 11.5 Å². The molecule has 0 unspecified atom stereocenters. The number of nitrogens with one attached hydrogen (secondary N) is 1. The Labute approximate surface area is 184 Å². The average Bonchev–Trinajstić information content (AvgIpc) is 2.73. The van der Waals surface area contributed by atoms with Gasteiger partial charge in [-0.05, 0) is 56.9 Å². The zero-order chi connectivity index (χ0) is 22.8. The summed E-state index contributed by atoms with van der Waals surface area (Å²) in [4.78, 5) is 13.3. The number of carbonyl (C=O) groups excluding carboxylic acids is 1. The van der Waals surface area contributed by atoms with Gasteiger partial charge in [0, 0.05) is 19.2 Å². The molecule has 1 heterocycles. The zero-order valence-electron chi connectivity index (χ0n) is 18.7. The van der Waals surface area contributed by atoms with Crippen molar-refractivity contribution in [2.24, 2.45) is 5.92 Å². The normalized spacial score (nSPS) is 17.3. The van der Waals surface area contributed by atoms with Crippen LogP contribution in [0.15, 0.2) is 35.2 Å². The minimum absolute atomic E-state index is 0.152. The second kappa shape index (κ2) is 9.28. The third kappa shape index (κ3) is 4.85. The number of amides is 1. The van der Waals surface area contributed by atoms with Crippen molar-refractivity contribution < 1.29 is 22.7 Å². The number of sulfonamides is 1. The fourth-order valence-electron chi connectivity index (χ4n) is 4.21. The predicted octanol–water partition coefficient (Wildman–Crippen LogP) is 3.67. The molecule has 1 aliphatic rings. The molecule has 168 valence electrons.